The van der Waals surface area contributed by atoms with Crippen molar-refractivity contribution in [1.82, 2.24) is 29.3 Å². The van der Waals surface area contributed by atoms with Gasteiger partial charge in [-0.2, -0.15) is 0 Å². The van der Waals surface area contributed by atoms with Crippen molar-refractivity contribution >= 4 is 34.5 Å². The Hall–Kier alpha value is -4.70. The fourth-order valence-corrected chi connectivity index (χ4v) is 5.52. The topological polar surface area (TPSA) is 128 Å². The van der Waals surface area contributed by atoms with Crippen LogP contribution in [0.5, 0.6) is 0 Å². The second kappa shape index (κ2) is 11.5. The van der Waals surface area contributed by atoms with Crippen LogP contribution < -0.4 is 11.5 Å². The molecule has 222 valence electrons. The average Bonchev–Trinajstić information content (AvgIpc) is 3.36. The number of hydrogen-bond donors (Lipinski definition) is 2. The molecule has 1 aliphatic carbocycles. The van der Waals surface area contributed by atoms with Crippen LogP contribution in [-0.4, -0.2) is 73.7 Å². The molecule has 1 saturated heterocycles. The average molecular weight is 579 g/mol. The SMILES string of the molecule is CC(C)(C)OC(=O)N1CCN(CC2=CC=C(n3c(-c4cccnc4N)nc4ccc(-c5ccc(N)cc5)nc43)CC2)CC1. The summed E-state index contributed by atoms with van der Waals surface area (Å²) in [6.45, 7) is 9.55. The van der Waals surface area contributed by atoms with E-state index in [4.69, 9.17) is 26.2 Å². The number of carbonyl (C=O) groups is 1. The highest BCUT2D eigenvalue weighted by molar-refractivity contribution is 5.86. The predicted molar refractivity (Wildman–Crippen MR) is 171 cm³/mol. The Balaban J connectivity index is 1.27. The van der Waals surface area contributed by atoms with E-state index in [1.807, 2.05) is 69.3 Å². The maximum Gasteiger partial charge on any atom is 0.410 e. The lowest BCUT2D eigenvalue weighted by Crippen LogP contribution is -2.50. The predicted octanol–water partition coefficient (Wildman–Crippen LogP) is 5.44. The number of nitrogens with zero attached hydrogens (tertiary/aromatic N) is 6. The Labute approximate surface area is 251 Å². The van der Waals surface area contributed by atoms with Gasteiger partial charge >= 0.3 is 6.09 Å². The van der Waals surface area contributed by atoms with Gasteiger partial charge < -0.3 is 21.1 Å². The fraction of sp³-hybridized carbons (Fsp3) is 0.333. The largest absolute Gasteiger partial charge is 0.444 e. The third-order valence-electron chi connectivity index (χ3n) is 7.74. The molecule has 0 saturated carbocycles. The number of benzene rings is 1. The van der Waals surface area contributed by atoms with Crippen LogP contribution in [0.4, 0.5) is 16.3 Å². The summed E-state index contributed by atoms with van der Waals surface area (Å²) >= 11 is 0. The second-order valence-electron chi connectivity index (χ2n) is 12.1. The molecular formula is C33H38N8O2. The molecule has 1 fully saturated rings. The third kappa shape index (κ3) is 6.24. The molecule has 0 radical (unpaired) electrons. The van der Waals surface area contributed by atoms with Crippen molar-refractivity contribution in [2.24, 2.45) is 0 Å². The summed E-state index contributed by atoms with van der Waals surface area (Å²) in [5, 5.41) is 0. The van der Waals surface area contributed by atoms with Crippen molar-refractivity contribution in [3.63, 3.8) is 0 Å². The van der Waals surface area contributed by atoms with Crippen molar-refractivity contribution in [2.75, 3.05) is 44.2 Å². The number of allylic oxidation sites excluding steroid dienone is 3. The minimum absolute atomic E-state index is 0.234. The standard InChI is InChI=1S/C33H38N8O2/c1-33(2,3)43-32(42)40-19-17-39(18-20-40)21-22-6-12-25(13-7-22)41-30(26-5-4-16-36-29(26)35)38-28-15-14-27(37-31(28)41)23-8-10-24(34)11-9-23/h4-6,8-12,14-16H,7,13,17-21,34H2,1-3H3,(H2,35,36). The van der Waals surface area contributed by atoms with E-state index in [2.05, 4.69) is 26.6 Å². The number of anilines is 2. The minimum Gasteiger partial charge on any atom is -0.444 e. The number of aromatic nitrogens is 4. The normalized spacial score (nSPS) is 16.2. The van der Waals surface area contributed by atoms with Crippen LogP contribution in [0.2, 0.25) is 0 Å². The zero-order valence-corrected chi connectivity index (χ0v) is 25.0. The summed E-state index contributed by atoms with van der Waals surface area (Å²) in [4.78, 5) is 31.0. The van der Waals surface area contributed by atoms with Crippen molar-refractivity contribution in [3.8, 4) is 22.6 Å². The fourth-order valence-electron chi connectivity index (χ4n) is 5.52. The van der Waals surface area contributed by atoms with Crippen LogP contribution >= 0.6 is 0 Å². The molecule has 0 spiro atoms. The molecule has 10 heteroatoms. The Morgan fingerprint density at radius 2 is 1.70 bits per heavy atom. The number of fused-ring (bicyclic) bond motifs is 1. The van der Waals surface area contributed by atoms with E-state index < -0.39 is 5.60 Å². The number of pyridine rings is 2. The van der Waals surface area contributed by atoms with E-state index in [1.54, 1.807) is 11.1 Å². The smallest absolute Gasteiger partial charge is 0.410 e. The lowest BCUT2D eigenvalue weighted by atomic mass is 10.0. The Morgan fingerprint density at radius 1 is 0.930 bits per heavy atom. The molecule has 10 nitrogen and oxygen atoms in total. The Morgan fingerprint density at radius 3 is 2.37 bits per heavy atom. The van der Waals surface area contributed by atoms with Crippen LogP contribution in [0, 0.1) is 0 Å². The van der Waals surface area contributed by atoms with Gasteiger partial charge in [-0.15, -0.1) is 0 Å². The summed E-state index contributed by atoms with van der Waals surface area (Å²) < 4.78 is 7.67. The number of hydrogen-bond acceptors (Lipinski definition) is 8. The molecule has 0 unspecified atom stereocenters. The first-order valence-corrected chi connectivity index (χ1v) is 14.7. The summed E-state index contributed by atoms with van der Waals surface area (Å²) in [7, 11) is 0. The molecule has 1 aromatic carbocycles. The molecule has 0 bridgehead atoms. The highest BCUT2D eigenvalue weighted by Crippen LogP contribution is 2.34. The zero-order valence-electron chi connectivity index (χ0n) is 25.0. The maximum atomic E-state index is 12.5. The molecular weight excluding hydrogens is 540 g/mol. The molecule has 2 aliphatic rings. The highest BCUT2D eigenvalue weighted by Gasteiger charge is 2.27. The van der Waals surface area contributed by atoms with Crippen LogP contribution in [0.25, 0.3) is 39.5 Å². The summed E-state index contributed by atoms with van der Waals surface area (Å²) in [5.41, 5.74) is 19.1. The number of rotatable bonds is 5. The maximum absolute atomic E-state index is 12.5. The van der Waals surface area contributed by atoms with Gasteiger partial charge in [-0.1, -0.05) is 23.8 Å². The lowest BCUT2D eigenvalue weighted by molar-refractivity contribution is 0.0152. The number of ether oxygens (including phenoxy) is 1. The van der Waals surface area contributed by atoms with Gasteiger partial charge in [0.25, 0.3) is 0 Å². The monoisotopic (exact) mass is 578 g/mol. The first kappa shape index (κ1) is 28.4. The highest BCUT2D eigenvalue weighted by atomic mass is 16.6. The number of carbonyl (C=O) groups excluding carboxylic acids is 1. The van der Waals surface area contributed by atoms with E-state index >= 15 is 0 Å². The van der Waals surface area contributed by atoms with E-state index in [0.29, 0.717) is 24.6 Å². The van der Waals surface area contributed by atoms with E-state index in [9.17, 15) is 4.79 Å². The van der Waals surface area contributed by atoms with E-state index in [0.717, 1.165) is 72.0 Å². The van der Waals surface area contributed by atoms with Crippen molar-refractivity contribution in [3.05, 3.63) is 72.5 Å². The Kier molecular flexibility index (Phi) is 7.62. The minimum atomic E-state index is -0.485. The number of piperazine rings is 1. The van der Waals surface area contributed by atoms with Gasteiger partial charge in [-0.3, -0.25) is 9.47 Å². The van der Waals surface area contributed by atoms with Crippen LogP contribution in [0.3, 0.4) is 0 Å². The molecule has 43 heavy (non-hydrogen) atoms. The molecule has 4 aromatic rings. The van der Waals surface area contributed by atoms with Gasteiger partial charge in [0.15, 0.2) is 5.65 Å². The van der Waals surface area contributed by atoms with Crippen molar-refractivity contribution in [1.29, 1.82) is 0 Å². The summed E-state index contributed by atoms with van der Waals surface area (Å²) in [5.74, 6) is 1.15. The third-order valence-corrected chi connectivity index (χ3v) is 7.74. The number of imidazole rings is 1. The molecule has 1 aliphatic heterocycles. The van der Waals surface area contributed by atoms with Crippen LogP contribution in [0.15, 0.2) is 72.5 Å². The molecule has 0 atom stereocenters. The van der Waals surface area contributed by atoms with Gasteiger partial charge in [0.2, 0.25) is 0 Å². The quantitative estimate of drug-likeness (QED) is 0.300. The molecule has 4 heterocycles. The van der Waals surface area contributed by atoms with E-state index in [-0.39, 0.29) is 6.09 Å². The zero-order chi connectivity index (χ0) is 30.1. The van der Waals surface area contributed by atoms with Crippen LogP contribution in [0.1, 0.15) is 33.6 Å². The number of nitrogens with two attached hydrogens (primary N) is 2. The molecule has 4 N–H and O–H groups in total. The van der Waals surface area contributed by atoms with Gasteiger partial charge in [-0.05, 0) is 76.1 Å². The molecule has 6 rings (SSSR count). The van der Waals surface area contributed by atoms with Crippen LogP contribution in [-0.2, 0) is 4.74 Å². The van der Waals surface area contributed by atoms with Gasteiger partial charge in [0.05, 0.1) is 11.3 Å². The summed E-state index contributed by atoms with van der Waals surface area (Å²) in [6.07, 6.45) is 7.58. The number of nitrogen functional groups attached to an aromatic ring is 2. The first-order chi connectivity index (χ1) is 20.6. The first-order valence-electron chi connectivity index (χ1n) is 14.7. The van der Waals surface area contributed by atoms with Gasteiger partial charge in [0, 0.05) is 55.9 Å². The van der Waals surface area contributed by atoms with Crippen molar-refractivity contribution in [2.45, 2.75) is 39.2 Å². The number of amides is 1. The second-order valence-corrected chi connectivity index (χ2v) is 12.1. The summed E-state index contributed by atoms with van der Waals surface area (Å²) in [6, 6.07) is 15.5. The van der Waals surface area contributed by atoms with Gasteiger partial charge in [0.1, 0.15) is 22.8 Å². The molecule has 3 aromatic heterocycles. The Bertz CT molecular complexity index is 1710. The van der Waals surface area contributed by atoms with Gasteiger partial charge in [-0.25, -0.2) is 19.7 Å². The van der Waals surface area contributed by atoms with E-state index in [1.165, 1.54) is 5.57 Å². The molecule has 1 amide bonds. The van der Waals surface area contributed by atoms with Crippen molar-refractivity contribution < 1.29 is 9.53 Å². The lowest BCUT2D eigenvalue weighted by Gasteiger charge is -2.36.